The average molecular weight is 303 g/mol. The zero-order valence-electron chi connectivity index (χ0n) is 13.7. The van der Waals surface area contributed by atoms with Gasteiger partial charge in [-0.15, -0.1) is 0 Å². The van der Waals surface area contributed by atoms with Gasteiger partial charge in [-0.05, 0) is 25.0 Å². The number of likely N-dealkylation sites (tertiary alicyclic amines) is 1. The van der Waals surface area contributed by atoms with E-state index < -0.39 is 0 Å². The number of hydrogen-bond acceptors (Lipinski definition) is 4. The molecule has 5 nitrogen and oxygen atoms in total. The number of nitrogens with zero attached hydrogens (tertiary/aromatic N) is 3. The molecule has 120 valence electrons. The van der Waals surface area contributed by atoms with E-state index in [2.05, 4.69) is 4.98 Å². The van der Waals surface area contributed by atoms with Crippen molar-refractivity contribution in [3.63, 3.8) is 0 Å². The lowest BCUT2D eigenvalue weighted by Crippen LogP contribution is -2.43. The smallest absolute Gasteiger partial charge is 0.224 e. The summed E-state index contributed by atoms with van der Waals surface area (Å²) < 4.78 is 0. The van der Waals surface area contributed by atoms with Crippen LogP contribution in [-0.2, 0) is 9.59 Å². The van der Waals surface area contributed by atoms with Gasteiger partial charge in [0.15, 0.2) is 5.78 Å². The van der Waals surface area contributed by atoms with Crippen LogP contribution in [0.4, 0.5) is 5.69 Å². The Bertz CT molecular complexity index is 516. The summed E-state index contributed by atoms with van der Waals surface area (Å²) in [7, 11) is 1.96. The van der Waals surface area contributed by atoms with Gasteiger partial charge < -0.3 is 9.80 Å². The molecule has 1 amide bonds. The molecule has 5 heteroatoms. The molecule has 1 unspecified atom stereocenters. The van der Waals surface area contributed by atoms with Gasteiger partial charge in [0.1, 0.15) is 0 Å². The monoisotopic (exact) mass is 303 g/mol. The first kappa shape index (κ1) is 16.5. The predicted octanol–water partition coefficient (Wildman–Crippen LogP) is 2.12. The van der Waals surface area contributed by atoms with Crippen LogP contribution >= 0.6 is 0 Å². The van der Waals surface area contributed by atoms with Crippen LogP contribution in [0.5, 0.6) is 0 Å². The van der Waals surface area contributed by atoms with E-state index in [-0.39, 0.29) is 23.7 Å². The molecule has 0 radical (unpaired) electrons. The van der Waals surface area contributed by atoms with Crippen molar-refractivity contribution in [1.29, 1.82) is 0 Å². The van der Waals surface area contributed by atoms with Gasteiger partial charge >= 0.3 is 0 Å². The van der Waals surface area contributed by atoms with Crippen LogP contribution in [-0.4, -0.2) is 47.8 Å². The summed E-state index contributed by atoms with van der Waals surface area (Å²) in [6, 6.07) is 3.63. The molecule has 1 atom stereocenters. The van der Waals surface area contributed by atoms with Crippen LogP contribution in [0, 0.1) is 5.92 Å². The van der Waals surface area contributed by atoms with Gasteiger partial charge in [-0.2, -0.15) is 0 Å². The first-order chi connectivity index (χ1) is 10.5. The van der Waals surface area contributed by atoms with Gasteiger partial charge in [0, 0.05) is 50.6 Å². The molecule has 0 saturated carbocycles. The second-order valence-corrected chi connectivity index (χ2v) is 6.18. The fourth-order valence-corrected chi connectivity index (χ4v) is 2.88. The molecule has 1 aliphatic rings. The molecule has 2 heterocycles. The standard InChI is InChI=1S/C17H25N3O2/c1-13(2)17(22)15-5-4-11-20(15)16(21)8-12-19(3)14-6-9-18-10-7-14/h6-7,9-10,13,15H,4-5,8,11-12H2,1-3H3. The van der Waals surface area contributed by atoms with Crippen LogP contribution in [0.1, 0.15) is 33.1 Å². The van der Waals surface area contributed by atoms with Gasteiger partial charge in [0.05, 0.1) is 6.04 Å². The Morgan fingerprint density at radius 1 is 1.36 bits per heavy atom. The molecule has 0 bridgehead atoms. The first-order valence-corrected chi connectivity index (χ1v) is 7.95. The number of ketones is 1. The summed E-state index contributed by atoms with van der Waals surface area (Å²) in [6.45, 7) is 5.16. The van der Waals surface area contributed by atoms with Crippen LogP contribution < -0.4 is 4.90 Å². The Morgan fingerprint density at radius 2 is 2.05 bits per heavy atom. The van der Waals surface area contributed by atoms with E-state index in [9.17, 15) is 9.59 Å². The Morgan fingerprint density at radius 3 is 2.68 bits per heavy atom. The van der Waals surface area contributed by atoms with E-state index >= 15 is 0 Å². The van der Waals surface area contributed by atoms with E-state index in [1.807, 2.05) is 37.9 Å². The van der Waals surface area contributed by atoms with Gasteiger partial charge in [-0.1, -0.05) is 13.8 Å². The number of carbonyl (C=O) groups is 2. The number of Topliss-reactive ketones (excluding diaryl/α,β-unsaturated/α-hetero) is 1. The fraction of sp³-hybridized carbons (Fsp3) is 0.588. The fourth-order valence-electron chi connectivity index (χ4n) is 2.88. The highest BCUT2D eigenvalue weighted by Gasteiger charge is 2.34. The van der Waals surface area contributed by atoms with Crippen molar-refractivity contribution in [3.05, 3.63) is 24.5 Å². The van der Waals surface area contributed by atoms with Gasteiger partial charge in [-0.3, -0.25) is 14.6 Å². The van der Waals surface area contributed by atoms with Gasteiger partial charge in [-0.25, -0.2) is 0 Å². The largest absolute Gasteiger partial charge is 0.374 e. The van der Waals surface area contributed by atoms with Crippen molar-refractivity contribution in [2.24, 2.45) is 5.92 Å². The van der Waals surface area contributed by atoms with Crippen molar-refractivity contribution in [2.45, 2.75) is 39.2 Å². The third kappa shape index (κ3) is 3.84. The van der Waals surface area contributed by atoms with Crippen LogP contribution in [0.3, 0.4) is 0 Å². The van der Waals surface area contributed by atoms with E-state index in [1.165, 1.54) is 0 Å². The predicted molar refractivity (Wildman–Crippen MR) is 86.7 cm³/mol. The highest BCUT2D eigenvalue weighted by molar-refractivity contribution is 5.90. The number of rotatable bonds is 6. The van der Waals surface area contributed by atoms with Gasteiger partial charge in [0.2, 0.25) is 5.91 Å². The Kier molecular flexibility index (Phi) is 5.52. The molecule has 22 heavy (non-hydrogen) atoms. The van der Waals surface area contributed by atoms with Crippen molar-refractivity contribution in [2.75, 3.05) is 25.0 Å². The number of amides is 1. The normalized spacial score (nSPS) is 17.8. The zero-order valence-corrected chi connectivity index (χ0v) is 13.7. The van der Waals surface area contributed by atoms with Crippen molar-refractivity contribution in [1.82, 2.24) is 9.88 Å². The highest BCUT2D eigenvalue weighted by atomic mass is 16.2. The van der Waals surface area contributed by atoms with Crippen molar-refractivity contribution in [3.8, 4) is 0 Å². The molecule has 0 N–H and O–H groups in total. The number of pyridine rings is 1. The SMILES string of the molecule is CC(C)C(=O)C1CCCN1C(=O)CCN(C)c1ccncc1. The summed E-state index contributed by atoms with van der Waals surface area (Å²) in [6.07, 6.45) is 5.65. The maximum atomic E-state index is 12.5. The molecule has 2 rings (SSSR count). The summed E-state index contributed by atoms with van der Waals surface area (Å²) in [4.78, 5) is 32.5. The summed E-state index contributed by atoms with van der Waals surface area (Å²) in [5, 5.41) is 0. The Labute approximate surface area is 132 Å². The number of carbonyl (C=O) groups excluding carboxylic acids is 2. The molecule has 1 saturated heterocycles. The molecular weight excluding hydrogens is 278 g/mol. The second-order valence-electron chi connectivity index (χ2n) is 6.18. The average Bonchev–Trinajstić information content (AvgIpc) is 3.01. The Hall–Kier alpha value is -1.91. The molecule has 1 aromatic heterocycles. The van der Waals surface area contributed by atoms with Crippen LogP contribution in [0.2, 0.25) is 0 Å². The summed E-state index contributed by atoms with van der Waals surface area (Å²) in [5.41, 5.74) is 1.04. The second kappa shape index (κ2) is 7.38. The lowest BCUT2D eigenvalue weighted by Gasteiger charge is -2.26. The lowest BCUT2D eigenvalue weighted by atomic mass is 10.00. The zero-order chi connectivity index (χ0) is 16.1. The van der Waals surface area contributed by atoms with E-state index in [4.69, 9.17) is 0 Å². The summed E-state index contributed by atoms with van der Waals surface area (Å²) in [5.74, 6) is 0.253. The molecule has 0 aliphatic carbocycles. The minimum Gasteiger partial charge on any atom is -0.374 e. The van der Waals surface area contributed by atoms with E-state index in [0.29, 0.717) is 19.5 Å². The topological polar surface area (TPSA) is 53.5 Å². The van der Waals surface area contributed by atoms with Crippen molar-refractivity contribution < 1.29 is 9.59 Å². The number of anilines is 1. The lowest BCUT2D eigenvalue weighted by molar-refractivity contribution is -0.138. The van der Waals surface area contributed by atoms with Crippen molar-refractivity contribution >= 4 is 17.4 Å². The maximum Gasteiger partial charge on any atom is 0.224 e. The highest BCUT2D eigenvalue weighted by Crippen LogP contribution is 2.22. The third-order valence-corrected chi connectivity index (χ3v) is 4.24. The molecule has 1 fully saturated rings. The number of hydrogen-bond donors (Lipinski definition) is 0. The molecule has 0 aromatic carbocycles. The van der Waals surface area contributed by atoms with E-state index in [1.54, 1.807) is 17.3 Å². The van der Waals surface area contributed by atoms with Crippen LogP contribution in [0.25, 0.3) is 0 Å². The van der Waals surface area contributed by atoms with Gasteiger partial charge in [0.25, 0.3) is 0 Å². The van der Waals surface area contributed by atoms with Crippen LogP contribution in [0.15, 0.2) is 24.5 Å². The quantitative estimate of drug-likeness (QED) is 0.808. The molecule has 1 aromatic rings. The minimum atomic E-state index is -0.210. The molecule has 0 spiro atoms. The Balaban J connectivity index is 1.90. The molecule has 1 aliphatic heterocycles. The molecular formula is C17H25N3O2. The first-order valence-electron chi connectivity index (χ1n) is 7.95. The van der Waals surface area contributed by atoms with E-state index in [0.717, 1.165) is 18.5 Å². The maximum absolute atomic E-state index is 12.5. The summed E-state index contributed by atoms with van der Waals surface area (Å²) >= 11 is 0. The number of aromatic nitrogens is 1. The minimum absolute atomic E-state index is 0.0158. The third-order valence-electron chi connectivity index (χ3n) is 4.24.